The number of fused-ring (bicyclic) bond motifs is 5. The largest absolute Gasteiger partial charge is 0.385 e. The molecule has 0 saturated carbocycles. The van der Waals surface area contributed by atoms with E-state index in [-0.39, 0.29) is 17.7 Å². The Morgan fingerprint density at radius 3 is 1.83 bits per heavy atom. The highest BCUT2D eigenvalue weighted by atomic mass is 35.5. The van der Waals surface area contributed by atoms with Crippen molar-refractivity contribution < 1.29 is 23.5 Å². The van der Waals surface area contributed by atoms with Crippen LogP contribution < -0.4 is 35.3 Å². The van der Waals surface area contributed by atoms with E-state index in [0.29, 0.717) is 53.8 Å². The minimum absolute atomic E-state index is 0.0476. The van der Waals surface area contributed by atoms with E-state index in [4.69, 9.17) is 23.2 Å². The summed E-state index contributed by atoms with van der Waals surface area (Å²) >= 11 is 12.0. The quantitative estimate of drug-likeness (QED) is 0.0280. The molecule has 0 saturated heterocycles. The van der Waals surface area contributed by atoms with Crippen molar-refractivity contribution in [3.8, 4) is 0 Å². The summed E-state index contributed by atoms with van der Waals surface area (Å²) in [5.74, 6) is 0.659. The van der Waals surface area contributed by atoms with Gasteiger partial charge in [-0.1, -0.05) is 30.3 Å². The van der Waals surface area contributed by atoms with E-state index < -0.39 is 0 Å². The summed E-state index contributed by atoms with van der Waals surface area (Å²) in [6.07, 6.45) is 7.63. The third kappa shape index (κ3) is 11.0. The van der Waals surface area contributed by atoms with Crippen molar-refractivity contribution in [2.24, 2.45) is 14.1 Å². The Morgan fingerprint density at radius 1 is 0.576 bits per heavy atom. The fourth-order valence-electron chi connectivity index (χ4n) is 8.56. The normalized spacial score (nSPS) is 11.3. The lowest BCUT2D eigenvalue weighted by Crippen LogP contribution is -2.27. The smallest absolute Gasteiger partial charge is 0.255 e. The highest BCUT2D eigenvalue weighted by molar-refractivity contribution is 6.19. The number of nitrogens with one attached hydrogen (secondary N) is 4. The number of unbranched alkanes of at least 4 members (excludes halogenated alkanes) is 1. The lowest BCUT2D eigenvalue weighted by Gasteiger charge is -2.23. The lowest BCUT2D eigenvalue weighted by molar-refractivity contribution is -0.645. The molecule has 336 valence electrons. The molecule has 6 aromatic carbocycles. The second-order valence-electron chi connectivity index (χ2n) is 16.7. The number of anilines is 4. The molecule has 0 fully saturated rings. The van der Waals surface area contributed by atoms with E-state index in [1.54, 1.807) is 0 Å². The fourth-order valence-corrected chi connectivity index (χ4v) is 8.97. The van der Waals surface area contributed by atoms with Crippen LogP contribution in [0.15, 0.2) is 140 Å². The molecule has 0 atom stereocenters. The van der Waals surface area contributed by atoms with Gasteiger partial charge in [-0.3, -0.25) is 14.4 Å². The predicted octanol–water partition coefficient (Wildman–Crippen LogP) is 10.1. The van der Waals surface area contributed by atoms with Crippen LogP contribution in [-0.2, 0) is 25.3 Å². The molecule has 10 nitrogen and oxygen atoms in total. The van der Waals surface area contributed by atoms with Gasteiger partial charge in [0.15, 0.2) is 12.4 Å². The Bertz CT molecular complexity index is 3040. The van der Waals surface area contributed by atoms with Gasteiger partial charge in [0, 0.05) is 119 Å². The molecule has 3 amide bonds. The molecule has 0 bridgehead atoms. The Hall–Kier alpha value is -6.75. The number of halogens is 2. The van der Waals surface area contributed by atoms with Crippen molar-refractivity contribution in [1.29, 1.82) is 0 Å². The molecule has 0 aliphatic heterocycles. The number of amides is 3. The number of aromatic nitrogens is 2. The van der Waals surface area contributed by atoms with Gasteiger partial charge in [-0.25, -0.2) is 9.13 Å². The van der Waals surface area contributed by atoms with Crippen molar-refractivity contribution in [3.63, 3.8) is 0 Å². The van der Waals surface area contributed by atoms with Gasteiger partial charge in [0.25, 0.3) is 11.8 Å². The minimum atomic E-state index is -0.244. The minimum Gasteiger partial charge on any atom is -0.385 e. The number of carbonyl (C=O) groups excluding carboxylic acids is 3. The van der Waals surface area contributed by atoms with E-state index in [0.717, 1.165) is 93.5 Å². The number of pyridine rings is 2. The molecular formula is C54H55Cl2N7O3+2. The summed E-state index contributed by atoms with van der Waals surface area (Å²) in [5, 5.41) is 18.5. The van der Waals surface area contributed by atoms with Crippen LogP contribution in [0.2, 0.25) is 0 Å². The molecule has 0 aliphatic rings. The van der Waals surface area contributed by atoms with Gasteiger partial charge in [-0.15, -0.1) is 23.2 Å². The average Bonchev–Trinajstić information content (AvgIpc) is 3.32. The lowest BCUT2D eigenvalue weighted by atomic mass is 9.96. The van der Waals surface area contributed by atoms with Crippen LogP contribution in [0.1, 0.15) is 52.0 Å². The highest BCUT2D eigenvalue weighted by Gasteiger charge is 2.17. The molecule has 4 N–H and O–H groups in total. The monoisotopic (exact) mass is 919 g/mol. The van der Waals surface area contributed by atoms with E-state index in [1.807, 2.05) is 133 Å². The maximum Gasteiger partial charge on any atom is 0.255 e. The van der Waals surface area contributed by atoms with Crippen LogP contribution in [0.5, 0.6) is 0 Å². The third-order valence-electron chi connectivity index (χ3n) is 12.1. The number of rotatable bonds is 19. The van der Waals surface area contributed by atoms with Crippen molar-refractivity contribution >= 4 is 107 Å². The van der Waals surface area contributed by atoms with E-state index in [1.165, 1.54) is 5.56 Å². The van der Waals surface area contributed by atoms with Gasteiger partial charge in [0.05, 0.1) is 0 Å². The first-order chi connectivity index (χ1) is 32.2. The number of hydrogen-bond donors (Lipinski definition) is 4. The van der Waals surface area contributed by atoms with Gasteiger partial charge in [-0.05, 0) is 120 Å². The molecule has 0 spiro atoms. The summed E-state index contributed by atoms with van der Waals surface area (Å²) in [7, 11) is 3.99. The predicted molar refractivity (Wildman–Crippen MR) is 271 cm³/mol. The van der Waals surface area contributed by atoms with Crippen LogP contribution in [0.4, 0.5) is 22.7 Å². The first-order valence-corrected chi connectivity index (χ1v) is 23.6. The Kier molecular flexibility index (Phi) is 14.9. The Labute approximate surface area is 395 Å². The number of nitrogens with zero attached hydrogens (tertiary/aromatic N) is 3. The second kappa shape index (κ2) is 21.5. The zero-order valence-corrected chi connectivity index (χ0v) is 38.9. The number of alkyl halides is 2. The van der Waals surface area contributed by atoms with Crippen LogP contribution >= 0.6 is 23.2 Å². The zero-order chi connectivity index (χ0) is 46.0. The van der Waals surface area contributed by atoms with E-state index >= 15 is 0 Å². The second-order valence-corrected chi connectivity index (χ2v) is 17.4. The third-order valence-corrected chi connectivity index (χ3v) is 12.4. The molecule has 2 heterocycles. The molecule has 2 aromatic heterocycles. The number of hydrogen-bond acceptors (Lipinski definition) is 5. The number of carbonyl (C=O) groups is 3. The van der Waals surface area contributed by atoms with Crippen LogP contribution in [-0.4, -0.2) is 55.7 Å². The van der Waals surface area contributed by atoms with Crippen molar-refractivity contribution in [2.75, 3.05) is 58.8 Å². The summed E-state index contributed by atoms with van der Waals surface area (Å²) in [4.78, 5) is 42.8. The van der Waals surface area contributed by atoms with Gasteiger partial charge < -0.3 is 26.2 Å². The van der Waals surface area contributed by atoms with Gasteiger partial charge in [0.2, 0.25) is 16.9 Å². The average molecular weight is 921 g/mol. The highest BCUT2D eigenvalue weighted by Crippen LogP contribution is 2.34. The van der Waals surface area contributed by atoms with Crippen LogP contribution in [0.25, 0.3) is 43.4 Å². The molecule has 0 unspecified atom stereocenters. The zero-order valence-electron chi connectivity index (χ0n) is 37.4. The van der Waals surface area contributed by atoms with Crippen LogP contribution in [0, 0.1) is 0 Å². The standard InChI is InChI=1S/C54H53Cl2N7O3/c1-61-28-6-9-39-32-43(17-22-50(39)61)59-53(65)41-15-14-38-16-21-46-48(47(38)34-41)35-42(54(66)60-44-18-23-51-40(33-44)10-7-29-62(51)2)36-49(46)57-26-3-4-27-58-52(64)11-5-8-37-12-19-45(20-13-37)63(30-24-55)31-25-56/h6-7,9-10,12-23,28-29,32-36H,3-5,8,11,24-27,30-31H2,1-2H3,(H2-2,57,58,59,60,64,65,66)/p+2. The maximum atomic E-state index is 14.1. The van der Waals surface area contributed by atoms with Crippen molar-refractivity contribution in [3.05, 3.63) is 156 Å². The Balaban J connectivity index is 0.945. The van der Waals surface area contributed by atoms with Gasteiger partial charge in [-0.2, -0.15) is 0 Å². The summed E-state index contributed by atoms with van der Waals surface area (Å²) in [6.45, 7) is 2.69. The number of aryl methyl sites for hydroxylation is 3. The van der Waals surface area contributed by atoms with Crippen molar-refractivity contribution in [1.82, 2.24) is 5.32 Å². The first-order valence-electron chi connectivity index (χ1n) is 22.5. The molecule has 0 aliphatic carbocycles. The molecule has 0 radical (unpaired) electrons. The van der Waals surface area contributed by atoms with Gasteiger partial charge in [0.1, 0.15) is 14.1 Å². The molecule has 12 heteroatoms. The molecular weight excluding hydrogens is 866 g/mol. The summed E-state index contributed by atoms with van der Waals surface area (Å²) in [6, 6.07) is 41.8. The number of benzene rings is 6. The van der Waals surface area contributed by atoms with Crippen molar-refractivity contribution in [2.45, 2.75) is 32.1 Å². The molecule has 66 heavy (non-hydrogen) atoms. The molecule has 8 aromatic rings. The van der Waals surface area contributed by atoms with E-state index in [2.05, 4.69) is 56.5 Å². The fraction of sp³-hybridized carbons (Fsp3) is 0.241. The Morgan fingerprint density at radius 2 is 1.18 bits per heavy atom. The topological polar surface area (TPSA) is 110 Å². The maximum absolute atomic E-state index is 14.1. The SMILES string of the molecule is C[n+]1cccc2cc(NC(=O)c3ccc4ccc5c(NCCCCNC(=O)CCCc6ccc(N(CCCl)CCCl)cc6)cc(C(=O)Nc6ccc7c(ccc[n+]7C)c6)cc5c4c3)ccc21. The van der Waals surface area contributed by atoms with Gasteiger partial charge >= 0.3 is 0 Å². The van der Waals surface area contributed by atoms with E-state index in [9.17, 15) is 14.4 Å². The first kappa shape index (κ1) is 45.8. The van der Waals surface area contributed by atoms with Crippen LogP contribution in [0.3, 0.4) is 0 Å². The molecule has 8 rings (SSSR count). The summed E-state index contributed by atoms with van der Waals surface area (Å²) < 4.78 is 4.09. The summed E-state index contributed by atoms with van der Waals surface area (Å²) in [5.41, 5.74) is 7.61.